The van der Waals surface area contributed by atoms with Gasteiger partial charge in [0.05, 0.1) is 12.0 Å². The summed E-state index contributed by atoms with van der Waals surface area (Å²) >= 11 is 1.76. The van der Waals surface area contributed by atoms with E-state index in [1.165, 1.54) is 0 Å². The monoisotopic (exact) mass is 246 g/mol. The second kappa shape index (κ2) is 6.75. The summed E-state index contributed by atoms with van der Waals surface area (Å²) in [5.74, 6) is 0.583. The molecule has 5 nitrogen and oxygen atoms in total. The van der Waals surface area contributed by atoms with Gasteiger partial charge in [-0.2, -0.15) is 11.8 Å². The number of thioether (sulfide) groups is 1. The molecule has 1 aliphatic heterocycles. The van der Waals surface area contributed by atoms with Crippen molar-refractivity contribution in [1.29, 1.82) is 0 Å². The molecule has 0 bridgehead atoms. The number of nitrogens with one attached hydrogen (secondary N) is 2. The molecule has 0 aromatic rings. The maximum atomic E-state index is 11.6. The number of carbonyl (C=O) groups excluding carboxylic acids is 1. The molecule has 2 unspecified atom stereocenters. The first-order chi connectivity index (χ1) is 7.61. The van der Waals surface area contributed by atoms with E-state index >= 15 is 0 Å². The Morgan fingerprint density at radius 1 is 1.62 bits per heavy atom. The molecule has 1 saturated heterocycles. The van der Waals surface area contributed by atoms with Crippen LogP contribution in [0.15, 0.2) is 0 Å². The van der Waals surface area contributed by atoms with Gasteiger partial charge in [-0.3, -0.25) is 9.59 Å². The molecule has 0 aromatic heterocycles. The van der Waals surface area contributed by atoms with Gasteiger partial charge < -0.3 is 15.7 Å². The molecule has 16 heavy (non-hydrogen) atoms. The maximum absolute atomic E-state index is 11.6. The lowest BCUT2D eigenvalue weighted by atomic mass is 10.1. The van der Waals surface area contributed by atoms with Gasteiger partial charge in [0.25, 0.3) is 0 Å². The lowest BCUT2D eigenvalue weighted by Gasteiger charge is -2.22. The second-order valence-electron chi connectivity index (χ2n) is 3.90. The van der Waals surface area contributed by atoms with Crippen molar-refractivity contribution in [1.82, 2.24) is 10.6 Å². The van der Waals surface area contributed by atoms with Crippen LogP contribution in [0.4, 0.5) is 0 Å². The topological polar surface area (TPSA) is 78.4 Å². The highest BCUT2D eigenvalue weighted by Gasteiger charge is 2.20. The van der Waals surface area contributed by atoms with E-state index in [-0.39, 0.29) is 11.9 Å². The molecule has 0 saturated carbocycles. The lowest BCUT2D eigenvalue weighted by Crippen LogP contribution is -2.49. The van der Waals surface area contributed by atoms with E-state index in [4.69, 9.17) is 5.11 Å². The molecule has 0 aromatic carbocycles. The minimum atomic E-state index is -0.819. The average molecular weight is 246 g/mol. The predicted octanol–water partition coefficient (Wildman–Crippen LogP) is -0.0816. The zero-order valence-corrected chi connectivity index (χ0v) is 10.2. The predicted molar refractivity (Wildman–Crippen MR) is 63.5 cm³/mol. The fourth-order valence-corrected chi connectivity index (χ4v) is 2.33. The highest BCUT2D eigenvalue weighted by molar-refractivity contribution is 7.99. The number of aliphatic carboxylic acids is 1. The Morgan fingerprint density at radius 2 is 2.38 bits per heavy atom. The smallest absolute Gasteiger partial charge is 0.306 e. The Morgan fingerprint density at radius 3 is 2.94 bits per heavy atom. The molecule has 0 radical (unpaired) electrons. The number of rotatable bonds is 5. The van der Waals surface area contributed by atoms with Gasteiger partial charge in [-0.05, 0) is 6.42 Å². The second-order valence-corrected chi connectivity index (χ2v) is 5.05. The highest BCUT2D eigenvalue weighted by atomic mass is 32.2. The quantitative estimate of drug-likeness (QED) is 0.632. The van der Waals surface area contributed by atoms with E-state index in [1.54, 1.807) is 18.7 Å². The molecule has 6 heteroatoms. The fraction of sp³-hybridized carbons (Fsp3) is 0.800. The highest BCUT2D eigenvalue weighted by Crippen LogP contribution is 2.07. The molecule has 1 heterocycles. The zero-order valence-electron chi connectivity index (χ0n) is 9.36. The molecular weight excluding hydrogens is 228 g/mol. The number of carboxylic acid groups (broad SMARTS) is 1. The van der Waals surface area contributed by atoms with Crippen molar-refractivity contribution in [2.24, 2.45) is 5.92 Å². The van der Waals surface area contributed by atoms with Gasteiger partial charge in [0.2, 0.25) is 5.91 Å². The maximum Gasteiger partial charge on any atom is 0.306 e. The van der Waals surface area contributed by atoms with Crippen LogP contribution in [-0.4, -0.2) is 47.6 Å². The van der Waals surface area contributed by atoms with Crippen molar-refractivity contribution in [2.45, 2.75) is 19.4 Å². The first kappa shape index (κ1) is 13.3. The normalized spacial score (nSPS) is 22.4. The van der Waals surface area contributed by atoms with Gasteiger partial charge in [-0.15, -0.1) is 0 Å². The average Bonchev–Trinajstić information content (AvgIpc) is 2.29. The van der Waals surface area contributed by atoms with Crippen molar-refractivity contribution in [3.05, 3.63) is 0 Å². The summed E-state index contributed by atoms with van der Waals surface area (Å²) in [4.78, 5) is 22.2. The third kappa shape index (κ3) is 4.40. The van der Waals surface area contributed by atoms with Crippen molar-refractivity contribution >= 4 is 23.6 Å². The van der Waals surface area contributed by atoms with E-state index in [0.717, 1.165) is 18.1 Å². The molecule has 0 spiro atoms. The molecule has 1 aliphatic rings. The van der Waals surface area contributed by atoms with Gasteiger partial charge in [-0.25, -0.2) is 0 Å². The third-order valence-electron chi connectivity index (χ3n) is 2.54. The minimum absolute atomic E-state index is 0.0233. The summed E-state index contributed by atoms with van der Waals surface area (Å²) in [5.41, 5.74) is 0. The summed E-state index contributed by atoms with van der Waals surface area (Å²) in [6, 6.07) is -0.126. The minimum Gasteiger partial charge on any atom is -0.481 e. The largest absolute Gasteiger partial charge is 0.481 e. The van der Waals surface area contributed by atoms with Crippen LogP contribution in [0.5, 0.6) is 0 Å². The molecule has 1 rings (SSSR count). The van der Waals surface area contributed by atoms with E-state index in [2.05, 4.69) is 10.6 Å². The summed E-state index contributed by atoms with van der Waals surface area (Å²) in [6.45, 7) is 2.92. The molecule has 92 valence electrons. The van der Waals surface area contributed by atoms with E-state index in [0.29, 0.717) is 13.0 Å². The van der Waals surface area contributed by atoms with Crippen LogP contribution in [0.25, 0.3) is 0 Å². The summed E-state index contributed by atoms with van der Waals surface area (Å²) in [7, 11) is 0. The molecule has 2 atom stereocenters. The zero-order chi connectivity index (χ0) is 12.0. The SMILES string of the molecule is CC(CCNC(=O)C1CSCCN1)C(=O)O. The third-order valence-corrected chi connectivity index (χ3v) is 3.60. The van der Waals surface area contributed by atoms with Crippen molar-refractivity contribution in [3.8, 4) is 0 Å². The van der Waals surface area contributed by atoms with Crippen molar-refractivity contribution in [2.75, 3.05) is 24.6 Å². The number of hydrogen-bond donors (Lipinski definition) is 3. The standard InChI is InChI=1S/C10H18N2O3S/c1-7(10(14)15)2-3-12-9(13)8-6-16-5-4-11-8/h7-8,11H,2-6H2,1H3,(H,12,13)(H,14,15). The van der Waals surface area contributed by atoms with E-state index < -0.39 is 11.9 Å². The number of carboxylic acids is 1. The van der Waals surface area contributed by atoms with Crippen LogP contribution >= 0.6 is 11.8 Å². The number of hydrogen-bond acceptors (Lipinski definition) is 4. The Kier molecular flexibility index (Phi) is 5.62. The Balaban J connectivity index is 2.16. The molecule has 0 aliphatic carbocycles. The Hall–Kier alpha value is -0.750. The van der Waals surface area contributed by atoms with E-state index in [9.17, 15) is 9.59 Å². The molecular formula is C10H18N2O3S. The fourth-order valence-electron chi connectivity index (χ4n) is 1.39. The van der Waals surface area contributed by atoms with Gasteiger partial charge in [-0.1, -0.05) is 6.92 Å². The molecule has 1 amide bonds. The van der Waals surface area contributed by atoms with Gasteiger partial charge in [0, 0.05) is 24.6 Å². The number of carbonyl (C=O) groups is 2. The first-order valence-electron chi connectivity index (χ1n) is 5.43. The van der Waals surface area contributed by atoms with Crippen LogP contribution in [0.1, 0.15) is 13.3 Å². The van der Waals surface area contributed by atoms with Crippen LogP contribution in [-0.2, 0) is 9.59 Å². The van der Waals surface area contributed by atoms with Crippen molar-refractivity contribution < 1.29 is 14.7 Å². The van der Waals surface area contributed by atoms with Crippen LogP contribution < -0.4 is 10.6 Å². The van der Waals surface area contributed by atoms with Gasteiger partial charge in [0.1, 0.15) is 0 Å². The summed E-state index contributed by atoms with van der Waals surface area (Å²) in [5, 5.41) is 14.6. The first-order valence-corrected chi connectivity index (χ1v) is 6.58. The summed E-state index contributed by atoms with van der Waals surface area (Å²) < 4.78 is 0. The molecule has 1 fully saturated rings. The van der Waals surface area contributed by atoms with Crippen LogP contribution in [0.2, 0.25) is 0 Å². The summed E-state index contributed by atoms with van der Waals surface area (Å²) in [6.07, 6.45) is 0.473. The Bertz CT molecular complexity index is 254. The van der Waals surface area contributed by atoms with Crippen LogP contribution in [0, 0.1) is 5.92 Å². The molecule has 3 N–H and O–H groups in total. The van der Waals surface area contributed by atoms with Gasteiger partial charge >= 0.3 is 5.97 Å². The van der Waals surface area contributed by atoms with Crippen molar-refractivity contribution in [3.63, 3.8) is 0 Å². The Labute approximate surface area is 99.4 Å². The van der Waals surface area contributed by atoms with E-state index in [1.807, 2.05) is 0 Å². The van der Waals surface area contributed by atoms with Gasteiger partial charge in [0.15, 0.2) is 0 Å². The van der Waals surface area contributed by atoms with Crippen LogP contribution in [0.3, 0.4) is 0 Å². The number of amides is 1. The lowest BCUT2D eigenvalue weighted by molar-refractivity contribution is -0.141.